The van der Waals surface area contributed by atoms with Gasteiger partial charge in [-0.3, -0.25) is 44.4 Å². The number of alkyl halides is 3. The van der Waals surface area contributed by atoms with Crippen molar-refractivity contribution >= 4 is 59.1 Å². The van der Waals surface area contributed by atoms with E-state index in [0.717, 1.165) is 4.90 Å². The summed E-state index contributed by atoms with van der Waals surface area (Å²) >= 11 is 0. The molecular formula is C51H73F6N11O9. The van der Waals surface area contributed by atoms with E-state index in [9.17, 15) is 60.3 Å². The Labute approximate surface area is 444 Å². The van der Waals surface area contributed by atoms with Crippen LogP contribution in [0.1, 0.15) is 113 Å². The van der Waals surface area contributed by atoms with E-state index in [1.165, 1.54) is 14.7 Å². The summed E-state index contributed by atoms with van der Waals surface area (Å²) in [7, 11) is 0. The topological polar surface area (TPSA) is 258 Å². The van der Waals surface area contributed by atoms with Crippen molar-refractivity contribution in [2.24, 2.45) is 17.8 Å². The molecule has 7 unspecified atom stereocenters. The van der Waals surface area contributed by atoms with Gasteiger partial charge in [-0.1, -0.05) is 41.5 Å². The minimum Gasteiger partial charge on any atom is -0.444 e. The Morgan fingerprint density at radius 1 is 0.623 bits per heavy atom. The minimum absolute atomic E-state index is 0.0446. The molecule has 77 heavy (non-hydrogen) atoms. The molecule has 0 radical (unpaired) electrons. The van der Waals surface area contributed by atoms with Crippen molar-refractivity contribution in [2.75, 3.05) is 39.3 Å². The SMILES string of the molecule is CC(C)C(NC(=O)OC(C)(C)C)C(=O)N1CCCC1C(=O)NC(C(=O)N1CCCC1C(=O)NC(C(=O)N1CCCC1C(=O)NC(CC(=O)N1CCN(C(=N)C(F)(F)F)C(=N)C1)Cc1cc(F)c(F)cc1F)C(C)C)C(C)C. The van der Waals surface area contributed by atoms with Crippen LogP contribution in [-0.2, 0) is 44.7 Å². The fourth-order valence-electron chi connectivity index (χ4n) is 10.0. The highest BCUT2D eigenvalue weighted by Gasteiger charge is 2.46. The predicted octanol–water partition coefficient (Wildman–Crippen LogP) is 3.99. The number of amidine groups is 2. The first-order chi connectivity index (χ1) is 35.8. The molecule has 1 aromatic rings. The molecule has 0 aromatic heterocycles. The van der Waals surface area contributed by atoms with Crippen LogP contribution in [0.3, 0.4) is 0 Å². The monoisotopic (exact) mass is 1100 g/mol. The highest BCUT2D eigenvalue weighted by molar-refractivity contribution is 6.03. The van der Waals surface area contributed by atoms with Gasteiger partial charge in [-0.15, -0.1) is 0 Å². The van der Waals surface area contributed by atoms with Gasteiger partial charge < -0.3 is 50.5 Å². The number of alkyl carbamates (subject to hydrolysis) is 1. The molecule has 6 N–H and O–H groups in total. The highest BCUT2D eigenvalue weighted by Crippen LogP contribution is 2.27. The molecule has 20 nitrogen and oxygen atoms in total. The van der Waals surface area contributed by atoms with E-state index in [1.54, 1.807) is 62.3 Å². The average molecular weight is 1100 g/mol. The van der Waals surface area contributed by atoms with Gasteiger partial charge in [0.25, 0.3) is 0 Å². The van der Waals surface area contributed by atoms with Gasteiger partial charge >= 0.3 is 12.3 Å². The summed E-state index contributed by atoms with van der Waals surface area (Å²) in [5.41, 5.74) is -1.26. The van der Waals surface area contributed by atoms with Crippen LogP contribution in [0.2, 0.25) is 0 Å². The molecule has 26 heteroatoms. The highest BCUT2D eigenvalue weighted by atomic mass is 19.4. The Morgan fingerprint density at radius 2 is 1.04 bits per heavy atom. The number of nitrogens with one attached hydrogen (secondary N) is 6. The molecule has 0 saturated carbocycles. The van der Waals surface area contributed by atoms with Gasteiger partial charge in [0.2, 0.25) is 47.2 Å². The number of nitrogens with zero attached hydrogens (tertiary/aromatic N) is 5. The van der Waals surface area contributed by atoms with E-state index < -0.39 is 174 Å². The van der Waals surface area contributed by atoms with E-state index in [1.807, 2.05) is 0 Å². The number of carbonyl (C=O) groups excluding carboxylic acids is 8. The number of ether oxygens (including phenoxy) is 1. The van der Waals surface area contributed by atoms with Crippen molar-refractivity contribution in [1.82, 2.24) is 45.8 Å². The third kappa shape index (κ3) is 15.4. The van der Waals surface area contributed by atoms with E-state index in [0.29, 0.717) is 36.6 Å². The second-order valence-corrected chi connectivity index (χ2v) is 22.1. The average Bonchev–Trinajstić information content (AvgIpc) is 4.14. The van der Waals surface area contributed by atoms with Gasteiger partial charge in [0.1, 0.15) is 53.5 Å². The number of hydrogen-bond acceptors (Lipinski definition) is 11. The Balaban J connectivity index is 1.27. The molecule has 4 heterocycles. The maximum absolute atomic E-state index is 15.0. The maximum atomic E-state index is 15.0. The summed E-state index contributed by atoms with van der Waals surface area (Å²) in [5.74, 6) is -12.6. The molecule has 4 saturated heterocycles. The van der Waals surface area contributed by atoms with Crippen molar-refractivity contribution in [3.63, 3.8) is 0 Å². The lowest BCUT2D eigenvalue weighted by Gasteiger charge is -2.37. The minimum atomic E-state index is -5.06. The van der Waals surface area contributed by atoms with Crippen LogP contribution in [0, 0.1) is 46.0 Å². The van der Waals surface area contributed by atoms with Gasteiger partial charge in [-0.05, 0) is 95.1 Å². The first kappa shape index (κ1) is 61.4. The normalized spacial score (nSPS) is 20.8. The lowest BCUT2D eigenvalue weighted by molar-refractivity contribution is -0.146. The smallest absolute Gasteiger partial charge is 0.444 e. The largest absolute Gasteiger partial charge is 0.449 e. The second kappa shape index (κ2) is 25.3. The van der Waals surface area contributed by atoms with Gasteiger partial charge in [0.05, 0.1) is 6.54 Å². The van der Waals surface area contributed by atoms with E-state index in [2.05, 4.69) is 21.3 Å². The van der Waals surface area contributed by atoms with E-state index >= 15 is 4.39 Å². The van der Waals surface area contributed by atoms with Crippen LogP contribution in [-0.4, -0.2) is 177 Å². The van der Waals surface area contributed by atoms with Crippen LogP contribution in [0.25, 0.3) is 0 Å². The molecule has 4 aliphatic heterocycles. The summed E-state index contributed by atoms with van der Waals surface area (Å²) < 4.78 is 88.5. The quantitative estimate of drug-likeness (QED) is 0.0566. The maximum Gasteiger partial charge on any atom is 0.449 e. The number of likely N-dealkylation sites (tertiary alicyclic amines) is 3. The zero-order valence-corrected chi connectivity index (χ0v) is 45.0. The van der Waals surface area contributed by atoms with E-state index in [-0.39, 0.29) is 51.0 Å². The third-order valence-corrected chi connectivity index (χ3v) is 14.1. The molecule has 428 valence electrons. The van der Waals surface area contributed by atoms with Crippen molar-refractivity contribution in [3.05, 3.63) is 35.1 Å². The van der Waals surface area contributed by atoms with Crippen molar-refractivity contribution in [3.8, 4) is 0 Å². The van der Waals surface area contributed by atoms with Crippen LogP contribution in [0.4, 0.5) is 31.1 Å². The first-order valence-corrected chi connectivity index (χ1v) is 26.0. The number of rotatable bonds is 17. The number of piperazine rings is 1. The van der Waals surface area contributed by atoms with Crippen LogP contribution >= 0.6 is 0 Å². The molecule has 4 aliphatic rings. The second-order valence-electron chi connectivity index (χ2n) is 22.1. The molecule has 4 fully saturated rings. The zero-order valence-electron chi connectivity index (χ0n) is 45.0. The Kier molecular flexibility index (Phi) is 20.2. The molecule has 0 bridgehead atoms. The Bertz CT molecular complexity index is 2440. The summed E-state index contributed by atoms with van der Waals surface area (Å²) in [6.45, 7) is 14.2. The van der Waals surface area contributed by atoms with Crippen molar-refractivity contribution < 1.29 is 69.4 Å². The molecule has 8 amide bonds. The van der Waals surface area contributed by atoms with Crippen LogP contribution in [0.5, 0.6) is 0 Å². The lowest BCUT2D eigenvalue weighted by Crippen LogP contribution is -2.61. The number of benzene rings is 1. The fourth-order valence-corrected chi connectivity index (χ4v) is 10.0. The predicted molar refractivity (Wildman–Crippen MR) is 267 cm³/mol. The molecular weight excluding hydrogens is 1020 g/mol. The van der Waals surface area contributed by atoms with Crippen molar-refractivity contribution in [1.29, 1.82) is 10.8 Å². The van der Waals surface area contributed by atoms with Gasteiger partial charge in [-0.25, -0.2) is 18.0 Å². The Morgan fingerprint density at radius 3 is 1.44 bits per heavy atom. The third-order valence-electron chi connectivity index (χ3n) is 14.1. The number of amides is 8. The molecule has 7 atom stereocenters. The molecule has 0 aliphatic carbocycles. The number of halogens is 6. The number of carbonyl (C=O) groups is 8. The number of hydrogen-bond donors (Lipinski definition) is 6. The fraction of sp³-hybridized carbons (Fsp3) is 0.686. The summed E-state index contributed by atoms with van der Waals surface area (Å²) in [4.78, 5) is 117. The Hall–Kier alpha value is -6.50. The summed E-state index contributed by atoms with van der Waals surface area (Å²) in [5, 5.41) is 26.4. The van der Waals surface area contributed by atoms with Crippen molar-refractivity contribution in [2.45, 2.75) is 168 Å². The summed E-state index contributed by atoms with van der Waals surface area (Å²) in [6.07, 6.45) is -5.27. The van der Waals surface area contributed by atoms with Gasteiger partial charge in [-0.2, -0.15) is 13.2 Å². The first-order valence-electron chi connectivity index (χ1n) is 26.0. The lowest BCUT2D eigenvalue weighted by atomic mass is 9.99. The molecule has 5 rings (SSSR count). The van der Waals surface area contributed by atoms with Crippen LogP contribution < -0.4 is 21.3 Å². The van der Waals surface area contributed by atoms with Gasteiger partial charge in [0, 0.05) is 51.3 Å². The van der Waals surface area contributed by atoms with E-state index in [4.69, 9.17) is 15.6 Å². The molecule has 0 spiro atoms. The standard InChI is InChI=1S/C51H73F6N11O9/c1-26(2)39(61-43(71)35-14-11-17-66(35)46(74)40(27(3)4)62-44(72)36-15-12-18-67(36)47(75)41(28(5)6)63-49(76)77-50(7,8)9)45(73)65-16-10-13-34(65)42(70)60-30(21-29-22-32(53)33(54)24-31(29)52)23-38(69)64-19-20-68(37(58)25-64)48(59)51(55,56)57/h22,24,26-28,30,34-36,39-41,58-59H,10-21,23,25H2,1-9H3,(H,60,70)(H,61,71)(H,62,72)(H,63,76). The summed E-state index contributed by atoms with van der Waals surface area (Å²) in [6, 6.07) is -7.12. The molecule has 1 aromatic carbocycles. The zero-order chi connectivity index (χ0) is 57.6. The van der Waals surface area contributed by atoms with Crippen LogP contribution in [0.15, 0.2) is 12.1 Å². The van der Waals surface area contributed by atoms with Gasteiger partial charge in [0.15, 0.2) is 11.6 Å².